The highest BCUT2D eigenvalue weighted by Crippen LogP contribution is 2.32. The van der Waals surface area contributed by atoms with Gasteiger partial charge in [0, 0.05) is 0 Å². The van der Waals surface area contributed by atoms with Gasteiger partial charge in [0.2, 0.25) is 0 Å². The van der Waals surface area contributed by atoms with Gasteiger partial charge in [-0.2, -0.15) is 4.79 Å². The summed E-state index contributed by atoms with van der Waals surface area (Å²) in [7, 11) is -7.64. The zero-order valence-electron chi connectivity index (χ0n) is 17.9. The molecule has 6 nitrogen and oxygen atoms in total. The molecule has 0 saturated heterocycles. The Morgan fingerprint density at radius 2 is 1.34 bits per heavy atom. The fraction of sp³-hybridized carbons (Fsp3) is 0.952. The highest BCUT2D eigenvalue weighted by molar-refractivity contribution is 8.09. The number of nitrogens with zero attached hydrogens (tertiary/aromatic N) is 2. The molecule has 0 bridgehead atoms. The van der Waals surface area contributed by atoms with E-state index in [9.17, 15) is 22.4 Å². The fourth-order valence-corrected chi connectivity index (χ4v) is 9.81. The Kier molecular flexibility index (Phi) is 9.83. The standard InChI is InChI=1S/C21H38N2O4S2/c1-2-3-4-5-12-17-20(28(24,25)18-13-8-6-9-14-18)21(23-22)29(26,27)19-15-10-7-11-16-19/h18-20H,2-17H2,1H3. The van der Waals surface area contributed by atoms with Crippen molar-refractivity contribution in [3.05, 3.63) is 5.53 Å². The van der Waals surface area contributed by atoms with Crippen molar-refractivity contribution in [2.45, 2.75) is 125 Å². The maximum atomic E-state index is 13.5. The van der Waals surface area contributed by atoms with Gasteiger partial charge in [0.25, 0.3) is 9.84 Å². The summed E-state index contributed by atoms with van der Waals surface area (Å²) in [6.07, 6.45) is 12.5. The molecule has 2 rings (SSSR count). The molecule has 2 aliphatic rings. The van der Waals surface area contributed by atoms with E-state index >= 15 is 0 Å². The minimum absolute atomic E-state index is 0.230. The molecule has 0 aromatic rings. The van der Waals surface area contributed by atoms with Crippen LogP contribution in [0.3, 0.4) is 0 Å². The third-order valence-corrected chi connectivity index (χ3v) is 11.7. The summed E-state index contributed by atoms with van der Waals surface area (Å²) < 4.78 is 53.5. The van der Waals surface area contributed by atoms with Crippen molar-refractivity contribution < 1.29 is 21.6 Å². The quantitative estimate of drug-likeness (QED) is 0.157. The minimum atomic E-state index is -3.92. The molecule has 0 N–H and O–H groups in total. The van der Waals surface area contributed by atoms with E-state index in [1.165, 1.54) is 0 Å². The lowest BCUT2D eigenvalue weighted by molar-refractivity contribution is -0.00332. The topological polar surface area (TPSA) is 105 Å². The van der Waals surface area contributed by atoms with Crippen LogP contribution < -0.4 is 0 Å². The van der Waals surface area contributed by atoms with Crippen molar-refractivity contribution in [2.75, 3.05) is 0 Å². The van der Waals surface area contributed by atoms with Crippen LogP contribution in [0.2, 0.25) is 0 Å². The lowest BCUT2D eigenvalue weighted by Crippen LogP contribution is -2.45. The van der Waals surface area contributed by atoms with Crippen LogP contribution in [0.25, 0.3) is 5.53 Å². The first-order valence-corrected chi connectivity index (χ1v) is 14.7. The first kappa shape index (κ1) is 24.5. The zero-order chi connectivity index (χ0) is 21.3. The Bertz CT molecular complexity index is 759. The molecule has 0 spiro atoms. The van der Waals surface area contributed by atoms with Crippen molar-refractivity contribution in [3.8, 4) is 0 Å². The molecule has 0 aromatic heterocycles. The minimum Gasteiger partial charge on any atom is -0.360 e. The SMILES string of the molecule is CCCCCCCC(C(=[N+]=[N-])S(=O)(=O)C1CCCCC1)S(=O)(=O)C1CCCCC1. The Hall–Kier alpha value is -0.720. The van der Waals surface area contributed by atoms with Gasteiger partial charge in [-0.25, -0.2) is 16.8 Å². The smallest absolute Gasteiger partial charge is 0.360 e. The number of hydrogen-bond donors (Lipinski definition) is 0. The second kappa shape index (κ2) is 11.6. The Labute approximate surface area is 177 Å². The monoisotopic (exact) mass is 446 g/mol. The summed E-state index contributed by atoms with van der Waals surface area (Å²) in [6, 6.07) is 0. The lowest BCUT2D eigenvalue weighted by atomic mass is 10.0. The van der Waals surface area contributed by atoms with Crippen LogP contribution in [0.4, 0.5) is 0 Å². The largest absolute Gasteiger partial charge is 0.399 e. The molecule has 0 aliphatic heterocycles. The number of sulfone groups is 2. The van der Waals surface area contributed by atoms with Crippen molar-refractivity contribution in [2.24, 2.45) is 0 Å². The number of rotatable bonds is 10. The molecule has 2 fully saturated rings. The van der Waals surface area contributed by atoms with Gasteiger partial charge in [-0.15, -0.1) is 0 Å². The third-order valence-electron chi connectivity index (χ3n) is 6.64. The van der Waals surface area contributed by atoms with Crippen molar-refractivity contribution in [3.63, 3.8) is 0 Å². The van der Waals surface area contributed by atoms with E-state index in [0.29, 0.717) is 32.1 Å². The molecule has 29 heavy (non-hydrogen) atoms. The molecule has 168 valence electrons. The van der Waals surface area contributed by atoms with Crippen molar-refractivity contribution in [1.29, 1.82) is 0 Å². The summed E-state index contributed by atoms with van der Waals surface area (Å²) in [6.45, 7) is 2.11. The van der Waals surface area contributed by atoms with Gasteiger partial charge >= 0.3 is 5.04 Å². The van der Waals surface area contributed by atoms with E-state index in [2.05, 4.69) is 11.7 Å². The van der Waals surface area contributed by atoms with Gasteiger partial charge in [0.15, 0.2) is 15.1 Å². The predicted octanol–water partition coefficient (Wildman–Crippen LogP) is 4.84. The van der Waals surface area contributed by atoms with Crippen LogP contribution in [-0.4, -0.2) is 42.4 Å². The van der Waals surface area contributed by atoms with Gasteiger partial charge < -0.3 is 5.53 Å². The average Bonchev–Trinajstić information content (AvgIpc) is 2.74. The fourth-order valence-electron chi connectivity index (χ4n) is 4.84. The lowest BCUT2D eigenvalue weighted by Gasteiger charge is -2.26. The van der Waals surface area contributed by atoms with E-state index in [0.717, 1.165) is 64.2 Å². The van der Waals surface area contributed by atoms with Crippen LogP contribution in [0.1, 0.15) is 110 Å². The molecule has 2 aliphatic carbocycles. The molecule has 1 unspecified atom stereocenters. The summed E-state index contributed by atoms with van der Waals surface area (Å²) >= 11 is 0. The van der Waals surface area contributed by atoms with Crippen LogP contribution >= 0.6 is 0 Å². The van der Waals surface area contributed by atoms with Crippen LogP contribution in [-0.2, 0) is 19.7 Å². The molecule has 0 amide bonds. The second-order valence-electron chi connectivity index (χ2n) is 8.78. The maximum absolute atomic E-state index is 13.5. The van der Waals surface area contributed by atoms with Crippen molar-refractivity contribution >= 4 is 24.7 Å². The third kappa shape index (κ3) is 6.38. The second-order valence-corrected chi connectivity index (χ2v) is 13.4. The first-order valence-electron chi connectivity index (χ1n) is 11.5. The number of hydrogen-bond acceptors (Lipinski definition) is 4. The summed E-state index contributed by atoms with van der Waals surface area (Å²) in [4.78, 5) is 3.16. The van der Waals surface area contributed by atoms with E-state index in [-0.39, 0.29) is 6.42 Å². The van der Waals surface area contributed by atoms with Gasteiger partial charge in [0.05, 0.1) is 10.5 Å². The molecule has 0 heterocycles. The van der Waals surface area contributed by atoms with Gasteiger partial charge in [-0.1, -0.05) is 77.6 Å². The highest BCUT2D eigenvalue weighted by atomic mass is 32.2. The zero-order valence-corrected chi connectivity index (χ0v) is 19.5. The summed E-state index contributed by atoms with van der Waals surface area (Å²) in [5.74, 6) is 0. The van der Waals surface area contributed by atoms with E-state index < -0.39 is 40.5 Å². The van der Waals surface area contributed by atoms with Crippen LogP contribution in [0.15, 0.2) is 0 Å². The predicted molar refractivity (Wildman–Crippen MR) is 117 cm³/mol. The Morgan fingerprint density at radius 3 is 1.86 bits per heavy atom. The van der Waals surface area contributed by atoms with E-state index in [1.807, 2.05) is 0 Å². The Balaban J connectivity index is 2.29. The molecule has 0 radical (unpaired) electrons. The first-order chi connectivity index (χ1) is 13.9. The molecular formula is C21H38N2O4S2. The summed E-state index contributed by atoms with van der Waals surface area (Å²) in [5, 5.41) is -2.82. The molecule has 8 heteroatoms. The highest BCUT2D eigenvalue weighted by Gasteiger charge is 2.50. The van der Waals surface area contributed by atoms with Gasteiger partial charge in [-0.3, -0.25) is 0 Å². The van der Waals surface area contributed by atoms with Crippen molar-refractivity contribution in [1.82, 2.24) is 0 Å². The van der Waals surface area contributed by atoms with E-state index in [1.54, 1.807) is 0 Å². The average molecular weight is 447 g/mol. The molecule has 1 atom stereocenters. The Morgan fingerprint density at radius 1 is 0.828 bits per heavy atom. The number of unbranched alkanes of at least 4 members (excludes halogenated alkanes) is 4. The maximum Gasteiger partial charge on any atom is 0.399 e. The van der Waals surface area contributed by atoms with Crippen LogP contribution in [0.5, 0.6) is 0 Å². The van der Waals surface area contributed by atoms with E-state index in [4.69, 9.17) is 0 Å². The van der Waals surface area contributed by atoms with Gasteiger partial charge in [0.1, 0.15) is 0 Å². The molecule has 2 saturated carbocycles. The summed E-state index contributed by atoms with van der Waals surface area (Å²) in [5.41, 5.74) is 9.71. The normalized spacial score (nSPS) is 20.9. The van der Waals surface area contributed by atoms with Crippen LogP contribution in [0, 0.1) is 0 Å². The molecule has 0 aromatic carbocycles. The van der Waals surface area contributed by atoms with Gasteiger partial charge in [-0.05, 0) is 32.1 Å². The molecular weight excluding hydrogens is 408 g/mol.